The summed E-state index contributed by atoms with van der Waals surface area (Å²) in [5.41, 5.74) is 0. The van der Waals surface area contributed by atoms with Crippen molar-refractivity contribution in [3.05, 3.63) is 0 Å². The lowest BCUT2D eigenvalue weighted by molar-refractivity contribution is -0.0202. The molecule has 0 aromatic carbocycles. The Morgan fingerprint density at radius 2 is 0.558 bits per heavy atom. The van der Waals surface area contributed by atoms with Gasteiger partial charge in [-0.1, -0.05) is 195 Å². The van der Waals surface area contributed by atoms with Crippen LogP contribution in [0.15, 0.2) is 0 Å². The van der Waals surface area contributed by atoms with Crippen LogP contribution in [0.3, 0.4) is 0 Å². The van der Waals surface area contributed by atoms with Gasteiger partial charge in [-0.2, -0.15) is 0 Å². The second-order valence-electron chi connectivity index (χ2n) is 14.1. The van der Waals surface area contributed by atoms with Crippen molar-refractivity contribution >= 4 is 0 Å². The highest BCUT2D eigenvalue weighted by atomic mass is 16.5. The minimum absolute atomic E-state index is 0.237. The smallest absolute Gasteiger partial charge is 0.0590 e. The zero-order valence-electron chi connectivity index (χ0n) is 30.2. The van der Waals surface area contributed by atoms with Crippen LogP contribution in [0.4, 0.5) is 0 Å². The van der Waals surface area contributed by atoms with Gasteiger partial charge in [0.05, 0.1) is 25.4 Å². The first-order valence-electron chi connectivity index (χ1n) is 20.0. The molecule has 0 radical (unpaired) electrons. The van der Waals surface area contributed by atoms with Crippen LogP contribution in [0.5, 0.6) is 0 Å². The Balaban J connectivity index is 4.79. The van der Waals surface area contributed by atoms with Crippen molar-refractivity contribution in [1.29, 1.82) is 0 Å². The SMILES string of the molecule is CCCCCCCCCC(O)C(CCCCCCCC)COCC(CCCCCCCC)C(O)CCCCCCCCC. The number of unbranched alkanes of at least 4 members (excludes halogenated alkanes) is 22. The van der Waals surface area contributed by atoms with Gasteiger partial charge in [0.25, 0.3) is 0 Å². The molecule has 0 aliphatic carbocycles. The number of ether oxygens (including phenoxy) is 1. The van der Waals surface area contributed by atoms with Gasteiger partial charge in [-0.25, -0.2) is 0 Å². The third-order valence-electron chi connectivity index (χ3n) is 9.82. The van der Waals surface area contributed by atoms with E-state index in [1.807, 2.05) is 0 Å². The normalized spacial score (nSPS) is 14.7. The molecule has 0 fully saturated rings. The van der Waals surface area contributed by atoms with E-state index in [1.54, 1.807) is 0 Å². The molecule has 260 valence electrons. The molecule has 0 spiro atoms. The fraction of sp³-hybridized carbons (Fsp3) is 1.00. The highest BCUT2D eigenvalue weighted by Gasteiger charge is 2.23. The maximum absolute atomic E-state index is 11.2. The molecule has 0 heterocycles. The maximum atomic E-state index is 11.2. The van der Waals surface area contributed by atoms with Gasteiger partial charge in [0, 0.05) is 11.8 Å². The average Bonchev–Trinajstić information content (AvgIpc) is 3.01. The van der Waals surface area contributed by atoms with Crippen molar-refractivity contribution in [2.24, 2.45) is 11.8 Å². The van der Waals surface area contributed by atoms with E-state index in [-0.39, 0.29) is 24.0 Å². The molecular weight excluding hydrogens is 528 g/mol. The lowest BCUT2D eigenvalue weighted by Gasteiger charge is -2.27. The predicted molar refractivity (Wildman–Crippen MR) is 191 cm³/mol. The lowest BCUT2D eigenvalue weighted by atomic mass is 9.91. The van der Waals surface area contributed by atoms with Gasteiger partial charge in [-0.3, -0.25) is 0 Å². The summed E-state index contributed by atoms with van der Waals surface area (Å²) in [6.07, 6.45) is 37.1. The van der Waals surface area contributed by atoms with Gasteiger partial charge in [-0.05, 0) is 25.7 Å². The maximum Gasteiger partial charge on any atom is 0.0590 e. The van der Waals surface area contributed by atoms with Crippen LogP contribution in [0, 0.1) is 11.8 Å². The van der Waals surface area contributed by atoms with E-state index in [1.165, 1.54) is 154 Å². The summed E-state index contributed by atoms with van der Waals surface area (Å²) in [6.45, 7) is 10.4. The van der Waals surface area contributed by atoms with Crippen molar-refractivity contribution in [3.63, 3.8) is 0 Å². The summed E-state index contributed by atoms with van der Waals surface area (Å²) in [4.78, 5) is 0. The Morgan fingerprint density at radius 3 is 0.837 bits per heavy atom. The molecule has 43 heavy (non-hydrogen) atoms. The van der Waals surface area contributed by atoms with E-state index in [4.69, 9.17) is 4.74 Å². The van der Waals surface area contributed by atoms with Gasteiger partial charge in [0.15, 0.2) is 0 Å². The highest BCUT2D eigenvalue weighted by molar-refractivity contribution is 4.73. The zero-order chi connectivity index (χ0) is 31.6. The first-order chi connectivity index (χ1) is 21.1. The third-order valence-corrected chi connectivity index (χ3v) is 9.82. The molecule has 0 saturated carbocycles. The number of hydrogen-bond acceptors (Lipinski definition) is 3. The van der Waals surface area contributed by atoms with Crippen LogP contribution in [0.1, 0.15) is 220 Å². The van der Waals surface area contributed by atoms with Crippen LogP contribution in [0.2, 0.25) is 0 Å². The number of rotatable bonds is 36. The van der Waals surface area contributed by atoms with Crippen molar-refractivity contribution < 1.29 is 14.9 Å². The zero-order valence-corrected chi connectivity index (χ0v) is 30.2. The number of aliphatic hydroxyl groups is 2. The largest absolute Gasteiger partial charge is 0.393 e. The summed E-state index contributed by atoms with van der Waals surface area (Å²) in [5, 5.41) is 22.4. The van der Waals surface area contributed by atoms with Crippen LogP contribution in [-0.4, -0.2) is 35.6 Å². The van der Waals surface area contributed by atoms with E-state index < -0.39 is 0 Å². The molecule has 0 bridgehead atoms. The summed E-state index contributed by atoms with van der Waals surface area (Å²) in [6, 6.07) is 0. The number of hydrogen-bond donors (Lipinski definition) is 2. The summed E-state index contributed by atoms with van der Waals surface area (Å²) < 4.78 is 6.41. The second kappa shape index (κ2) is 34.7. The van der Waals surface area contributed by atoms with Crippen LogP contribution in [0.25, 0.3) is 0 Å². The van der Waals surface area contributed by atoms with E-state index in [0.717, 1.165) is 38.5 Å². The Morgan fingerprint density at radius 1 is 0.326 bits per heavy atom. The first kappa shape index (κ1) is 42.9. The summed E-state index contributed by atoms with van der Waals surface area (Å²) in [5.74, 6) is 0.474. The van der Waals surface area contributed by atoms with Crippen LogP contribution < -0.4 is 0 Å². The van der Waals surface area contributed by atoms with Gasteiger partial charge >= 0.3 is 0 Å². The van der Waals surface area contributed by atoms with Crippen molar-refractivity contribution in [2.45, 2.75) is 233 Å². The fourth-order valence-corrected chi connectivity index (χ4v) is 6.61. The summed E-state index contributed by atoms with van der Waals surface area (Å²) >= 11 is 0. The third kappa shape index (κ3) is 29.1. The molecule has 3 heteroatoms. The van der Waals surface area contributed by atoms with Crippen LogP contribution >= 0.6 is 0 Å². The molecular formula is C40H82O3. The van der Waals surface area contributed by atoms with E-state index >= 15 is 0 Å². The van der Waals surface area contributed by atoms with Crippen molar-refractivity contribution in [1.82, 2.24) is 0 Å². The molecule has 0 aliphatic heterocycles. The average molecular weight is 611 g/mol. The molecule has 0 saturated heterocycles. The molecule has 4 unspecified atom stereocenters. The lowest BCUT2D eigenvalue weighted by Crippen LogP contribution is -2.29. The Labute approximate surface area is 272 Å². The van der Waals surface area contributed by atoms with Gasteiger partial charge in [-0.15, -0.1) is 0 Å². The Hall–Kier alpha value is -0.120. The molecule has 3 nitrogen and oxygen atoms in total. The summed E-state index contributed by atoms with van der Waals surface area (Å²) in [7, 11) is 0. The number of aliphatic hydroxyl groups excluding tert-OH is 2. The van der Waals surface area contributed by atoms with E-state index in [0.29, 0.717) is 13.2 Å². The van der Waals surface area contributed by atoms with Crippen molar-refractivity contribution in [3.8, 4) is 0 Å². The van der Waals surface area contributed by atoms with Gasteiger partial charge < -0.3 is 14.9 Å². The fourth-order valence-electron chi connectivity index (χ4n) is 6.61. The van der Waals surface area contributed by atoms with Gasteiger partial charge in [0.2, 0.25) is 0 Å². The molecule has 2 N–H and O–H groups in total. The Kier molecular flexibility index (Phi) is 34.7. The minimum atomic E-state index is -0.249. The minimum Gasteiger partial charge on any atom is -0.393 e. The molecule has 0 amide bonds. The standard InChI is InChI=1S/C40H82O3/c1-5-9-13-17-21-25-29-33-39(41)37(31-27-23-19-15-11-7-3)35-43-36-38(32-28-24-20-16-12-8-4)40(42)34-30-26-22-18-14-10-6-2/h37-42H,5-36H2,1-4H3. The quantitative estimate of drug-likeness (QED) is 0.0694. The molecule has 4 atom stereocenters. The Bertz CT molecular complexity index is 466. The predicted octanol–water partition coefficient (Wildman–Crippen LogP) is 12.7. The molecule has 0 rings (SSSR count). The second-order valence-corrected chi connectivity index (χ2v) is 14.1. The molecule has 0 aromatic rings. The monoisotopic (exact) mass is 611 g/mol. The van der Waals surface area contributed by atoms with E-state index in [9.17, 15) is 10.2 Å². The molecule has 0 aromatic heterocycles. The van der Waals surface area contributed by atoms with Crippen molar-refractivity contribution in [2.75, 3.05) is 13.2 Å². The topological polar surface area (TPSA) is 49.7 Å². The molecule has 0 aliphatic rings. The van der Waals surface area contributed by atoms with Gasteiger partial charge in [0.1, 0.15) is 0 Å². The first-order valence-corrected chi connectivity index (χ1v) is 20.0. The van der Waals surface area contributed by atoms with E-state index in [2.05, 4.69) is 27.7 Å². The van der Waals surface area contributed by atoms with Crippen LogP contribution in [-0.2, 0) is 4.74 Å². The highest BCUT2D eigenvalue weighted by Crippen LogP contribution is 2.24.